The summed E-state index contributed by atoms with van der Waals surface area (Å²) in [7, 11) is 0. The van der Waals surface area contributed by atoms with Gasteiger partial charge in [-0.3, -0.25) is 0 Å². The highest BCUT2D eigenvalue weighted by molar-refractivity contribution is 6.06. The molecule has 7 nitrogen and oxygen atoms in total. The van der Waals surface area contributed by atoms with Gasteiger partial charge < -0.3 is 25.1 Å². The largest absolute Gasteiger partial charge is 0.550 e. The second-order valence-electron chi connectivity index (χ2n) is 4.11. The standard InChI is InChI=1S/C13H13N3O4/c17-10(18)5-2-6-14-12-11-8(13(19)20)3-1-4-9(11)15-7-16-12/h1,3-4,7H,2,5-6H2,(H,17,18)(H,19,20)(H,14,15,16)/p-2. The number of aromatic nitrogens is 2. The number of fused-ring (bicyclic) bond motifs is 1. The van der Waals surface area contributed by atoms with Crippen molar-refractivity contribution in [1.29, 1.82) is 0 Å². The van der Waals surface area contributed by atoms with Gasteiger partial charge in [0.2, 0.25) is 0 Å². The number of rotatable bonds is 6. The summed E-state index contributed by atoms with van der Waals surface area (Å²) in [5.74, 6) is -2.11. The van der Waals surface area contributed by atoms with Crippen LogP contribution in [0, 0.1) is 0 Å². The average molecular weight is 273 g/mol. The highest BCUT2D eigenvalue weighted by atomic mass is 16.4. The van der Waals surface area contributed by atoms with Gasteiger partial charge in [0.1, 0.15) is 12.1 Å². The van der Waals surface area contributed by atoms with Crippen molar-refractivity contribution in [2.45, 2.75) is 12.8 Å². The second-order valence-corrected chi connectivity index (χ2v) is 4.11. The van der Waals surface area contributed by atoms with E-state index < -0.39 is 11.9 Å². The molecular weight excluding hydrogens is 262 g/mol. The summed E-state index contributed by atoms with van der Waals surface area (Å²) in [5.41, 5.74) is 0.467. The van der Waals surface area contributed by atoms with Crippen LogP contribution in [0.5, 0.6) is 0 Å². The van der Waals surface area contributed by atoms with E-state index in [-0.39, 0.29) is 12.0 Å². The predicted molar refractivity (Wildman–Crippen MR) is 66.6 cm³/mol. The molecule has 1 aromatic heterocycles. The quantitative estimate of drug-likeness (QED) is 0.666. The smallest absolute Gasteiger partial charge is 0.137 e. The third kappa shape index (κ3) is 3.00. The van der Waals surface area contributed by atoms with Crippen molar-refractivity contribution < 1.29 is 19.8 Å². The number of nitrogens with zero attached hydrogens (tertiary/aromatic N) is 2. The highest BCUT2D eigenvalue weighted by Crippen LogP contribution is 2.23. The Kier molecular flexibility index (Phi) is 4.09. The van der Waals surface area contributed by atoms with Crippen molar-refractivity contribution in [2.24, 2.45) is 0 Å². The van der Waals surface area contributed by atoms with Crippen LogP contribution in [-0.2, 0) is 4.79 Å². The third-order valence-corrected chi connectivity index (χ3v) is 2.73. The summed E-state index contributed by atoms with van der Waals surface area (Å²) < 4.78 is 0. The molecule has 1 N–H and O–H groups in total. The van der Waals surface area contributed by atoms with Crippen molar-refractivity contribution >= 4 is 28.7 Å². The number of aliphatic carboxylic acids is 1. The summed E-state index contributed by atoms with van der Waals surface area (Å²) in [6.07, 6.45) is 1.58. The molecule has 1 aromatic carbocycles. The number of benzene rings is 1. The van der Waals surface area contributed by atoms with Gasteiger partial charge in [0.15, 0.2) is 0 Å². The summed E-state index contributed by atoms with van der Waals surface area (Å²) in [4.78, 5) is 29.4. The Labute approximate surface area is 114 Å². The van der Waals surface area contributed by atoms with Crippen LogP contribution in [0.3, 0.4) is 0 Å². The molecule has 0 amide bonds. The van der Waals surface area contributed by atoms with Crippen LogP contribution >= 0.6 is 0 Å². The van der Waals surface area contributed by atoms with Gasteiger partial charge in [-0.15, -0.1) is 0 Å². The normalized spacial score (nSPS) is 10.4. The van der Waals surface area contributed by atoms with E-state index in [1.807, 2.05) is 0 Å². The molecule has 0 bridgehead atoms. The van der Waals surface area contributed by atoms with Crippen molar-refractivity contribution in [1.82, 2.24) is 9.97 Å². The molecule has 2 rings (SSSR count). The molecule has 0 atom stereocenters. The number of carboxylic acid groups (broad SMARTS) is 2. The fourth-order valence-corrected chi connectivity index (χ4v) is 1.85. The van der Waals surface area contributed by atoms with Crippen molar-refractivity contribution in [3.63, 3.8) is 0 Å². The zero-order chi connectivity index (χ0) is 14.5. The lowest BCUT2D eigenvalue weighted by Crippen LogP contribution is -2.23. The Morgan fingerprint density at radius 1 is 1.20 bits per heavy atom. The summed E-state index contributed by atoms with van der Waals surface area (Å²) in [6, 6.07) is 4.64. The molecule has 0 unspecified atom stereocenters. The van der Waals surface area contributed by atoms with E-state index in [2.05, 4.69) is 15.3 Å². The lowest BCUT2D eigenvalue weighted by atomic mass is 10.1. The third-order valence-electron chi connectivity index (χ3n) is 2.73. The minimum absolute atomic E-state index is 0.00880. The van der Waals surface area contributed by atoms with E-state index in [9.17, 15) is 19.8 Å². The first-order valence-corrected chi connectivity index (χ1v) is 5.98. The van der Waals surface area contributed by atoms with Crippen LogP contribution in [0.25, 0.3) is 10.9 Å². The molecule has 0 saturated heterocycles. The van der Waals surface area contributed by atoms with E-state index in [4.69, 9.17) is 0 Å². The molecule has 0 aliphatic rings. The van der Waals surface area contributed by atoms with Crippen molar-refractivity contribution in [3.8, 4) is 0 Å². The minimum atomic E-state index is -1.32. The predicted octanol–water partition coefficient (Wildman–Crippen LogP) is -1.06. The molecule has 0 fully saturated rings. The Morgan fingerprint density at radius 2 is 2.00 bits per heavy atom. The number of nitrogens with one attached hydrogen (secondary N) is 1. The van der Waals surface area contributed by atoms with Gasteiger partial charge >= 0.3 is 0 Å². The summed E-state index contributed by atoms with van der Waals surface area (Å²) in [5, 5.41) is 24.7. The fraction of sp³-hybridized carbons (Fsp3) is 0.231. The monoisotopic (exact) mass is 273 g/mol. The maximum Gasteiger partial charge on any atom is 0.137 e. The second kappa shape index (κ2) is 5.96. The van der Waals surface area contributed by atoms with Crippen LogP contribution < -0.4 is 15.5 Å². The SMILES string of the molecule is O=C([O-])CCCNc1ncnc2cccc(C(=O)[O-])c12. The molecule has 2 aromatic rings. The Balaban J connectivity index is 2.28. The van der Waals surface area contributed by atoms with E-state index >= 15 is 0 Å². The van der Waals surface area contributed by atoms with Gasteiger partial charge in [-0.1, -0.05) is 12.1 Å². The first-order valence-electron chi connectivity index (χ1n) is 5.98. The van der Waals surface area contributed by atoms with Crippen LogP contribution in [-0.4, -0.2) is 28.5 Å². The molecular formula is C13H11N3O4-2. The van der Waals surface area contributed by atoms with Gasteiger partial charge in [0.05, 0.1) is 16.9 Å². The van der Waals surface area contributed by atoms with Gasteiger partial charge in [-0.2, -0.15) is 0 Å². The number of carbonyl (C=O) groups excluding carboxylic acids is 2. The van der Waals surface area contributed by atoms with E-state index in [1.54, 1.807) is 12.1 Å². The first-order chi connectivity index (χ1) is 9.59. The van der Waals surface area contributed by atoms with Gasteiger partial charge in [0, 0.05) is 18.1 Å². The number of hydrogen-bond donors (Lipinski definition) is 1. The zero-order valence-electron chi connectivity index (χ0n) is 10.5. The molecule has 0 spiro atoms. The van der Waals surface area contributed by atoms with Crippen molar-refractivity contribution in [3.05, 3.63) is 30.1 Å². The topological polar surface area (TPSA) is 118 Å². The maximum atomic E-state index is 11.1. The lowest BCUT2D eigenvalue weighted by Gasteiger charge is -2.12. The molecule has 0 aliphatic carbocycles. The van der Waals surface area contributed by atoms with Gasteiger partial charge in [-0.05, 0) is 18.9 Å². The number of carbonyl (C=O) groups is 2. The molecule has 0 saturated carbocycles. The van der Waals surface area contributed by atoms with E-state index in [0.717, 1.165) is 0 Å². The average Bonchev–Trinajstić information content (AvgIpc) is 2.42. The van der Waals surface area contributed by atoms with Crippen LogP contribution in [0.1, 0.15) is 23.2 Å². The Hall–Kier alpha value is -2.70. The molecule has 20 heavy (non-hydrogen) atoms. The van der Waals surface area contributed by atoms with E-state index in [1.165, 1.54) is 12.4 Å². The number of hydrogen-bond acceptors (Lipinski definition) is 7. The van der Waals surface area contributed by atoms with E-state index in [0.29, 0.717) is 29.7 Å². The molecule has 0 aliphatic heterocycles. The zero-order valence-corrected chi connectivity index (χ0v) is 10.5. The summed E-state index contributed by atoms with van der Waals surface area (Å²) >= 11 is 0. The minimum Gasteiger partial charge on any atom is -0.550 e. The number of aromatic carboxylic acids is 1. The summed E-state index contributed by atoms with van der Waals surface area (Å²) in [6.45, 7) is 0.335. The Morgan fingerprint density at radius 3 is 2.70 bits per heavy atom. The Bertz CT molecular complexity index is 652. The van der Waals surface area contributed by atoms with Crippen LogP contribution in [0.15, 0.2) is 24.5 Å². The number of anilines is 1. The molecule has 1 heterocycles. The molecule has 104 valence electrons. The van der Waals surface area contributed by atoms with Crippen molar-refractivity contribution in [2.75, 3.05) is 11.9 Å². The highest BCUT2D eigenvalue weighted by Gasteiger charge is 2.08. The molecule has 7 heteroatoms. The number of carboxylic acids is 2. The van der Waals surface area contributed by atoms with Gasteiger partial charge in [0.25, 0.3) is 0 Å². The molecule has 0 radical (unpaired) electrons. The van der Waals surface area contributed by atoms with Crippen LogP contribution in [0.4, 0.5) is 5.82 Å². The first kappa shape index (κ1) is 13.7. The fourth-order valence-electron chi connectivity index (χ4n) is 1.85. The van der Waals surface area contributed by atoms with Crippen LogP contribution in [0.2, 0.25) is 0 Å². The maximum absolute atomic E-state index is 11.1. The lowest BCUT2D eigenvalue weighted by molar-refractivity contribution is -0.305. The van der Waals surface area contributed by atoms with Gasteiger partial charge in [-0.25, -0.2) is 9.97 Å².